The minimum absolute atomic E-state index is 0.210. The molecule has 0 aliphatic carbocycles. The normalized spacial score (nSPS) is 10.3. The van der Waals surface area contributed by atoms with Gasteiger partial charge in [-0.1, -0.05) is 6.07 Å². The standard InChI is InChI=1S/C12H11FN2S/c13-10-2-4-11(5-3-10)16-8-9-1-6-12(14)15-7-9/h1-7H,8H2,(H2,14,15). The van der Waals surface area contributed by atoms with Crippen LogP contribution < -0.4 is 5.73 Å². The molecule has 82 valence electrons. The maximum atomic E-state index is 12.7. The number of nitrogens with zero attached hydrogens (tertiary/aromatic N) is 1. The lowest BCUT2D eigenvalue weighted by molar-refractivity contribution is 0.626. The Morgan fingerprint density at radius 2 is 1.88 bits per heavy atom. The van der Waals surface area contributed by atoms with Gasteiger partial charge >= 0.3 is 0 Å². The van der Waals surface area contributed by atoms with E-state index in [2.05, 4.69) is 4.98 Å². The monoisotopic (exact) mass is 234 g/mol. The third-order valence-corrected chi connectivity index (χ3v) is 3.15. The minimum atomic E-state index is -0.210. The highest BCUT2D eigenvalue weighted by Gasteiger charge is 1.97. The van der Waals surface area contributed by atoms with Crippen LogP contribution in [0.4, 0.5) is 10.2 Å². The fourth-order valence-electron chi connectivity index (χ4n) is 1.22. The van der Waals surface area contributed by atoms with Crippen LogP contribution in [0.15, 0.2) is 47.5 Å². The number of nitrogens with two attached hydrogens (primary N) is 1. The first-order chi connectivity index (χ1) is 7.74. The summed E-state index contributed by atoms with van der Waals surface area (Å²) in [5.41, 5.74) is 6.59. The van der Waals surface area contributed by atoms with Crippen molar-refractivity contribution in [1.29, 1.82) is 0 Å². The van der Waals surface area contributed by atoms with E-state index in [9.17, 15) is 4.39 Å². The van der Waals surface area contributed by atoms with Gasteiger partial charge in [-0.3, -0.25) is 0 Å². The van der Waals surface area contributed by atoms with E-state index in [-0.39, 0.29) is 5.82 Å². The largest absolute Gasteiger partial charge is 0.384 e. The zero-order valence-corrected chi connectivity index (χ0v) is 9.38. The van der Waals surface area contributed by atoms with Crippen molar-refractivity contribution < 1.29 is 4.39 Å². The van der Waals surface area contributed by atoms with Crippen LogP contribution in [0.25, 0.3) is 0 Å². The first kappa shape index (κ1) is 11.0. The Morgan fingerprint density at radius 3 is 2.50 bits per heavy atom. The van der Waals surface area contributed by atoms with E-state index in [0.717, 1.165) is 16.2 Å². The van der Waals surface area contributed by atoms with Crippen molar-refractivity contribution in [2.24, 2.45) is 0 Å². The van der Waals surface area contributed by atoms with Crippen molar-refractivity contribution in [1.82, 2.24) is 4.98 Å². The molecule has 1 aromatic carbocycles. The molecule has 0 amide bonds. The summed E-state index contributed by atoms with van der Waals surface area (Å²) in [7, 11) is 0. The topological polar surface area (TPSA) is 38.9 Å². The molecule has 0 bridgehead atoms. The van der Waals surface area contributed by atoms with Crippen LogP contribution in [0.3, 0.4) is 0 Å². The van der Waals surface area contributed by atoms with Gasteiger partial charge in [0.1, 0.15) is 11.6 Å². The van der Waals surface area contributed by atoms with E-state index in [1.165, 1.54) is 12.1 Å². The Kier molecular flexibility index (Phi) is 3.41. The molecule has 1 heterocycles. The second-order valence-electron chi connectivity index (χ2n) is 3.33. The molecule has 2 rings (SSSR count). The molecule has 0 radical (unpaired) electrons. The summed E-state index contributed by atoms with van der Waals surface area (Å²) in [4.78, 5) is 5.05. The molecule has 0 saturated carbocycles. The number of hydrogen-bond acceptors (Lipinski definition) is 3. The lowest BCUT2D eigenvalue weighted by Crippen LogP contribution is -1.90. The summed E-state index contributed by atoms with van der Waals surface area (Å²) < 4.78 is 12.7. The molecular formula is C12H11FN2S. The number of pyridine rings is 1. The van der Waals surface area contributed by atoms with Gasteiger partial charge in [0.05, 0.1) is 0 Å². The average Bonchev–Trinajstić information content (AvgIpc) is 2.30. The predicted octanol–water partition coefficient (Wildman–Crippen LogP) is 3.10. The Labute approximate surface area is 97.7 Å². The number of anilines is 1. The van der Waals surface area contributed by atoms with Gasteiger partial charge in [0.25, 0.3) is 0 Å². The van der Waals surface area contributed by atoms with Crippen molar-refractivity contribution in [2.75, 3.05) is 5.73 Å². The molecule has 4 heteroatoms. The molecule has 0 fully saturated rings. The number of thioether (sulfide) groups is 1. The Morgan fingerprint density at radius 1 is 1.12 bits per heavy atom. The lowest BCUT2D eigenvalue weighted by Gasteiger charge is -2.01. The predicted molar refractivity (Wildman–Crippen MR) is 64.6 cm³/mol. The molecule has 2 aromatic rings. The number of hydrogen-bond donors (Lipinski definition) is 1. The Hall–Kier alpha value is -1.55. The first-order valence-corrected chi connectivity index (χ1v) is 5.81. The average molecular weight is 234 g/mol. The summed E-state index contributed by atoms with van der Waals surface area (Å²) in [5, 5.41) is 0. The Bertz CT molecular complexity index is 408. The van der Waals surface area contributed by atoms with Crippen LogP contribution in [0.1, 0.15) is 5.56 Å². The molecule has 0 atom stereocenters. The zero-order chi connectivity index (χ0) is 11.4. The summed E-state index contributed by atoms with van der Waals surface area (Å²) in [6.45, 7) is 0. The Balaban J connectivity index is 1.97. The van der Waals surface area contributed by atoms with E-state index in [1.807, 2.05) is 6.07 Å². The zero-order valence-electron chi connectivity index (χ0n) is 8.56. The molecule has 0 aliphatic rings. The fraction of sp³-hybridized carbons (Fsp3) is 0.0833. The third-order valence-electron chi connectivity index (χ3n) is 2.07. The summed E-state index contributed by atoms with van der Waals surface area (Å²) in [6.07, 6.45) is 1.76. The summed E-state index contributed by atoms with van der Waals surface area (Å²) in [6, 6.07) is 10.2. The van der Waals surface area contributed by atoms with Crippen molar-refractivity contribution in [3.63, 3.8) is 0 Å². The van der Waals surface area contributed by atoms with E-state index in [4.69, 9.17) is 5.73 Å². The number of benzene rings is 1. The van der Waals surface area contributed by atoms with Crippen LogP contribution in [-0.4, -0.2) is 4.98 Å². The second-order valence-corrected chi connectivity index (χ2v) is 4.38. The molecular weight excluding hydrogens is 223 g/mol. The van der Waals surface area contributed by atoms with Gasteiger partial charge in [-0.15, -0.1) is 11.8 Å². The van der Waals surface area contributed by atoms with Gasteiger partial charge in [0, 0.05) is 16.8 Å². The smallest absolute Gasteiger partial charge is 0.123 e. The molecule has 0 saturated heterocycles. The van der Waals surface area contributed by atoms with E-state index < -0.39 is 0 Å². The SMILES string of the molecule is Nc1ccc(CSc2ccc(F)cc2)cn1. The number of rotatable bonds is 3. The summed E-state index contributed by atoms with van der Waals surface area (Å²) >= 11 is 1.64. The fourth-order valence-corrected chi connectivity index (χ4v) is 2.05. The molecule has 2 nitrogen and oxygen atoms in total. The highest BCUT2D eigenvalue weighted by Crippen LogP contribution is 2.22. The first-order valence-electron chi connectivity index (χ1n) is 4.83. The molecule has 0 spiro atoms. The highest BCUT2D eigenvalue weighted by atomic mass is 32.2. The van der Waals surface area contributed by atoms with Gasteiger partial charge in [-0.2, -0.15) is 0 Å². The van der Waals surface area contributed by atoms with Crippen molar-refractivity contribution >= 4 is 17.6 Å². The van der Waals surface area contributed by atoms with Crippen LogP contribution >= 0.6 is 11.8 Å². The highest BCUT2D eigenvalue weighted by molar-refractivity contribution is 7.98. The van der Waals surface area contributed by atoms with Gasteiger partial charge < -0.3 is 5.73 Å². The number of halogens is 1. The van der Waals surface area contributed by atoms with Crippen LogP contribution in [0.5, 0.6) is 0 Å². The van der Waals surface area contributed by atoms with Gasteiger partial charge in [0.2, 0.25) is 0 Å². The minimum Gasteiger partial charge on any atom is -0.384 e. The third kappa shape index (κ3) is 2.97. The van der Waals surface area contributed by atoms with Crippen LogP contribution in [0.2, 0.25) is 0 Å². The molecule has 2 N–H and O–H groups in total. The van der Waals surface area contributed by atoms with E-state index in [1.54, 1.807) is 36.2 Å². The van der Waals surface area contributed by atoms with Crippen molar-refractivity contribution in [3.8, 4) is 0 Å². The maximum Gasteiger partial charge on any atom is 0.123 e. The molecule has 16 heavy (non-hydrogen) atoms. The van der Waals surface area contributed by atoms with Crippen molar-refractivity contribution in [2.45, 2.75) is 10.6 Å². The molecule has 0 aliphatic heterocycles. The second kappa shape index (κ2) is 4.99. The van der Waals surface area contributed by atoms with Crippen molar-refractivity contribution in [3.05, 3.63) is 54.0 Å². The van der Waals surface area contributed by atoms with Gasteiger partial charge in [0.15, 0.2) is 0 Å². The van der Waals surface area contributed by atoms with Gasteiger partial charge in [-0.05, 0) is 35.9 Å². The quantitative estimate of drug-likeness (QED) is 0.829. The number of aromatic nitrogens is 1. The molecule has 1 aromatic heterocycles. The van der Waals surface area contributed by atoms with E-state index >= 15 is 0 Å². The lowest BCUT2D eigenvalue weighted by atomic mass is 10.3. The van der Waals surface area contributed by atoms with E-state index in [0.29, 0.717) is 5.82 Å². The van der Waals surface area contributed by atoms with Gasteiger partial charge in [-0.25, -0.2) is 9.37 Å². The van der Waals surface area contributed by atoms with Crippen LogP contribution in [-0.2, 0) is 5.75 Å². The van der Waals surface area contributed by atoms with Crippen LogP contribution in [0, 0.1) is 5.82 Å². The number of nitrogen functional groups attached to an aromatic ring is 1. The maximum absolute atomic E-state index is 12.7. The summed E-state index contributed by atoms with van der Waals surface area (Å²) in [5.74, 6) is 1.12. The molecule has 0 unspecified atom stereocenters.